The van der Waals surface area contributed by atoms with Crippen LogP contribution in [-0.2, 0) is 4.74 Å². The zero-order valence-corrected chi connectivity index (χ0v) is 12.7. The summed E-state index contributed by atoms with van der Waals surface area (Å²) in [5.41, 5.74) is 6.50. The lowest BCUT2D eigenvalue weighted by Crippen LogP contribution is -2.60. The van der Waals surface area contributed by atoms with Gasteiger partial charge in [0.2, 0.25) is 0 Å². The van der Waals surface area contributed by atoms with Crippen molar-refractivity contribution < 1.29 is 4.74 Å². The fourth-order valence-corrected chi connectivity index (χ4v) is 4.75. The molecule has 0 bridgehead atoms. The molecular formula is C16H30N2O. The normalized spacial score (nSPS) is 47.5. The van der Waals surface area contributed by atoms with Crippen LogP contribution in [0.25, 0.3) is 0 Å². The summed E-state index contributed by atoms with van der Waals surface area (Å²) in [5, 5.41) is 0. The van der Waals surface area contributed by atoms with Gasteiger partial charge < -0.3 is 10.5 Å². The summed E-state index contributed by atoms with van der Waals surface area (Å²) >= 11 is 0. The molecular weight excluding hydrogens is 236 g/mol. The minimum absolute atomic E-state index is 0.0370. The number of ether oxygens (including phenoxy) is 1. The number of rotatable bonds is 3. The van der Waals surface area contributed by atoms with Crippen LogP contribution in [0.4, 0.5) is 0 Å². The first kappa shape index (κ1) is 13.8. The van der Waals surface area contributed by atoms with Crippen molar-refractivity contribution in [1.82, 2.24) is 4.90 Å². The summed E-state index contributed by atoms with van der Waals surface area (Å²) in [6.45, 7) is 8.78. The number of fused-ring (bicyclic) bond motifs is 1. The summed E-state index contributed by atoms with van der Waals surface area (Å²) in [7, 11) is 0. The number of likely N-dealkylation sites (tertiary alicyclic amines) is 1. The molecule has 0 radical (unpaired) electrons. The SMILES string of the molecule is CCC1(C)CC(CN)(N2CC3CCCC3C2)CCO1. The molecule has 110 valence electrons. The third-order valence-corrected chi connectivity index (χ3v) is 6.25. The van der Waals surface area contributed by atoms with Crippen LogP contribution >= 0.6 is 0 Å². The van der Waals surface area contributed by atoms with Crippen LogP contribution in [0.5, 0.6) is 0 Å². The molecule has 2 saturated heterocycles. The quantitative estimate of drug-likeness (QED) is 0.852. The van der Waals surface area contributed by atoms with E-state index in [0.717, 1.165) is 44.2 Å². The fourth-order valence-electron chi connectivity index (χ4n) is 4.75. The third kappa shape index (κ3) is 2.34. The van der Waals surface area contributed by atoms with Gasteiger partial charge in [-0.3, -0.25) is 4.90 Å². The molecule has 3 rings (SSSR count). The molecule has 0 amide bonds. The number of hydrogen-bond donors (Lipinski definition) is 1. The molecule has 0 aromatic heterocycles. The molecule has 4 atom stereocenters. The highest BCUT2D eigenvalue weighted by atomic mass is 16.5. The first-order chi connectivity index (χ1) is 9.11. The minimum Gasteiger partial charge on any atom is -0.375 e. The summed E-state index contributed by atoms with van der Waals surface area (Å²) in [4.78, 5) is 2.75. The van der Waals surface area contributed by atoms with E-state index in [1.807, 2.05) is 0 Å². The van der Waals surface area contributed by atoms with Crippen LogP contribution in [0.15, 0.2) is 0 Å². The fraction of sp³-hybridized carbons (Fsp3) is 1.00. The standard InChI is InChI=1S/C16H30N2O/c1-3-15(2)11-16(12-17,7-8-19-15)18-9-13-5-4-6-14(13)10-18/h13-14H,3-12,17H2,1-2H3. The highest BCUT2D eigenvalue weighted by molar-refractivity contribution is 5.04. The number of nitrogens with zero attached hydrogens (tertiary/aromatic N) is 1. The zero-order chi connectivity index (χ0) is 13.5. The highest BCUT2D eigenvalue weighted by Crippen LogP contribution is 2.45. The van der Waals surface area contributed by atoms with Crippen LogP contribution in [0.1, 0.15) is 52.4 Å². The maximum absolute atomic E-state index is 6.25. The largest absolute Gasteiger partial charge is 0.375 e. The summed E-state index contributed by atoms with van der Waals surface area (Å²) in [6.07, 6.45) is 7.68. The van der Waals surface area contributed by atoms with Crippen molar-refractivity contribution >= 4 is 0 Å². The lowest BCUT2D eigenvalue weighted by atomic mass is 9.78. The zero-order valence-electron chi connectivity index (χ0n) is 12.7. The van der Waals surface area contributed by atoms with E-state index in [-0.39, 0.29) is 11.1 Å². The van der Waals surface area contributed by atoms with E-state index in [1.54, 1.807) is 0 Å². The van der Waals surface area contributed by atoms with Crippen LogP contribution < -0.4 is 5.73 Å². The predicted molar refractivity (Wildman–Crippen MR) is 78.1 cm³/mol. The molecule has 2 N–H and O–H groups in total. The molecule has 2 aliphatic heterocycles. The van der Waals surface area contributed by atoms with Crippen molar-refractivity contribution in [1.29, 1.82) is 0 Å². The van der Waals surface area contributed by atoms with E-state index >= 15 is 0 Å². The van der Waals surface area contributed by atoms with Crippen molar-refractivity contribution in [2.75, 3.05) is 26.2 Å². The molecule has 19 heavy (non-hydrogen) atoms. The van der Waals surface area contributed by atoms with E-state index in [2.05, 4.69) is 18.7 Å². The van der Waals surface area contributed by atoms with E-state index in [1.165, 1.54) is 32.4 Å². The molecule has 3 fully saturated rings. The maximum Gasteiger partial charge on any atom is 0.0670 e. The van der Waals surface area contributed by atoms with Crippen molar-refractivity contribution in [3.63, 3.8) is 0 Å². The van der Waals surface area contributed by atoms with Crippen LogP contribution in [-0.4, -0.2) is 42.3 Å². The van der Waals surface area contributed by atoms with E-state index in [0.29, 0.717) is 0 Å². The van der Waals surface area contributed by atoms with Gasteiger partial charge in [-0.05, 0) is 50.9 Å². The molecule has 3 aliphatic rings. The maximum atomic E-state index is 6.25. The first-order valence-electron chi connectivity index (χ1n) is 8.20. The van der Waals surface area contributed by atoms with Crippen molar-refractivity contribution in [3.05, 3.63) is 0 Å². The van der Waals surface area contributed by atoms with Crippen LogP contribution in [0.3, 0.4) is 0 Å². The Hall–Kier alpha value is -0.120. The molecule has 3 heteroatoms. The number of nitrogens with two attached hydrogens (primary N) is 1. The Kier molecular flexibility index (Phi) is 3.65. The van der Waals surface area contributed by atoms with Gasteiger partial charge in [0.25, 0.3) is 0 Å². The second-order valence-electron chi connectivity index (χ2n) is 7.36. The number of hydrogen-bond acceptors (Lipinski definition) is 3. The van der Waals surface area contributed by atoms with Gasteiger partial charge in [-0.2, -0.15) is 0 Å². The van der Waals surface area contributed by atoms with Crippen LogP contribution in [0, 0.1) is 11.8 Å². The molecule has 0 aromatic carbocycles. The topological polar surface area (TPSA) is 38.5 Å². The Morgan fingerprint density at radius 1 is 1.26 bits per heavy atom. The van der Waals surface area contributed by atoms with E-state index < -0.39 is 0 Å². The van der Waals surface area contributed by atoms with E-state index in [9.17, 15) is 0 Å². The molecule has 1 aliphatic carbocycles. The average molecular weight is 266 g/mol. The van der Waals surface area contributed by atoms with Gasteiger partial charge in [-0.15, -0.1) is 0 Å². The monoisotopic (exact) mass is 266 g/mol. The van der Waals surface area contributed by atoms with Gasteiger partial charge in [0.05, 0.1) is 5.60 Å². The Balaban J connectivity index is 1.76. The average Bonchev–Trinajstić information content (AvgIpc) is 2.99. The molecule has 4 unspecified atom stereocenters. The van der Waals surface area contributed by atoms with Gasteiger partial charge in [0.1, 0.15) is 0 Å². The molecule has 2 heterocycles. The van der Waals surface area contributed by atoms with Gasteiger partial charge >= 0.3 is 0 Å². The molecule has 0 spiro atoms. The summed E-state index contributed by atoms with van der Waals surface area (Å²) < 4.78 is 6.04. The Bertz CT molecular complexity index is 323. The lowest BCUT2D eigenvalue weighted by Gasteiger charge is -2.50. The van der Waals surface area contributed by atoms with Gasteiger partial charge in [0.15, 0.2) is 0 Å². The molecule has 1 saturated carbocycles. The van der Waals surface area contributed by atoms with Gasteiger partial charge in [-0.1, -0.05) is 13.3 Å². The second-order valence-corrected chi connectivity index (χ2v) is 7.36. The minimum atomic E-state index is 0.0370. The van der Waals surface area contributed by atoms with Gasteiger partial charge in [-0.25, -0.2) is 0 Å². The lowest BCUT2D eigenvalue weighted by molar-refractivity contribution is -0.126. The Morgan fingerprint density at radius 2 is 1.95 bits per heavy atom. The predicted octanol–water partition coefficient (Wildman–Crippen LogP) is 2.39. The summed E-state index contributed by atoms with van der Waals surface area (Å²) in [5.74, 6) is 1.92. The first-order valence-corrected chi connectivity index (χ1v) is 8.20. The second kappa shape index (κ2) is 5.01. The van der Waals surface area contributed by atoms with Crippen LogP contribution in [0.2, 0.25) is 0 Å². The third-order valence-electron chi connectivity index (χ3n) is 6.25. The molecule has 3 nitrogen and oxygen atoms in total. The smallest absolute Gasteiger partial charge is 0.0670 e. The van der Waals surface area contributed by atoms with E-state index in [4.69, 9.17) is 10.5 Å². The Labute approximate surface area is 117 Å². The highest BCUT2D eigenvalue weighted by Gasteiger charge is 2.49. The molecule has 0 aromatic rings. The van der Waals surface area contributed by atoms with Gasteiger partial charge in [0, 0.05) is 31.8 Å². The summed E-state index contributed by atoms with van der Waals surface area (Å²) in [6, 6.07) is 0. The van der Waals surface area contributed by atoms with Crippen molar-refractivity contribution in [2.45, 2.75) is 63.5 Å². The van der Waals surface area contributed by atoms with Crippen molar-refractivity contribution in [2.24, 2.45) is 17.6 Å². The van der Waals surface area contributed by atoms with Crippen molar-refractivity contribution in [3.8, 4) is 0 Å². The Morgan fingerprint density at radius 3 is 2.53 bits per heavy atom.